The number of halogens is 2. The highest BCUT2D eigenvalue weighted by molar-refractivity contribution is 5.98. The topological polar surface area (TPSA) is 95.9 Å². The molecule has 3 N–H and O–H groups in total. The van der Waals surface area contributed by atoms with Crippen molar-refractivity contribution < 1.29 is 33.3 Å². The van der Waals surface area contributed by atoms with Crippen molar-refractivity contribution in [2.24, 2.45) is 0 Å². The van der Waals surface area contributed by atoms with Gasteiger partial charge >= 0.3 is 18.6 Å². The zero-order valence-electron chi connectivity index (χ0n) is 12.8. The minimum Gasteiger partial charge on any atom is -0.478 e. The Kier molecular flexibility index (Phi) is 4.87. The summed E-state index contributed by atoms with van der Waals surface area (Å²) in [4.78, 5) is 23.2. The SMILES string of the molecule is CC1=C(C(=O)O)C(c2cccc(OC(F)F)c2)C(C(=O)O)=C(C)N1. The first-order chi connectivity index (χ1) is 11.2. The van der Waals surface area contributed by atoms with E-state index in [-0.39, 0.29) is 33.9 Å². The van der Waals surface area contributed by atoms with Crippen molar-refractivity contribution in [1.29, 1.82) is 0 Å². The van der Waals surface area contributed by atoms with E-state index in [1.165, 1.54) is 38.1 Å². The molecule has 6 nitrogen and oxygen atoms in total. The zero-order valence-corrected chi connectivity index (χ0v) is 12.8. The van der Waals surface area contributed by atoms with Crippen LogP contribution < -0.4 is 10.1 Å². The van der Waals surface area contributed by atoms with Crippen LogP contribution in [0.2, 0.25) is 0 Å². The Labute approximate surface area is 136 Å². The second kappa shape index (κ2) is 6.69. The van der Waals surface area contributed by atoms with Gasteiger partial charge in [0.2, 0.25) is 0 Å². The van der Waals surface area contributed by atoms with Crippen LogP contribution in [0.25, 0.3) is 0 Å². The standard InChI is InChI=1S/C16H15F2NO5/c1-7-11(14(20)21)13(12(15(22)23)8(2)19-7)9-4-3-5-10(6-9)24-16(17)18/h3-6,13,16,19H,1-2H3,(H,20,21)(H,22,23). The molecule has 0 saturated heterocycles. The maximum absolute atomic E-state index is 12.4. The number of aliphatic carboxylic acids is 2. The number of carboxylic acid groups (broad SMARTS) is 2. The molecular weight excluding hydrogens is 324 g/mol. The first kappa shape index (κ1) is 17.5. The number of alkyl halides is 2. The van der Waals surface area contributed by atoms with Gasteiger partial charge in [-0.2, -0.15) is 8.78 Å². The molecule has 0 unspecified atom stereocenters. The fourth-order valence-electron chi connectivity index (χ4n) is 2.76. The van der Waals surface area contributed by atoms with Crippen molar-refractivity contribution in [2.75, 3.05) is 0 Å². The van der Waals surface area contributed by atoms with Crippen molar-refractivity contribution in [2.45, 2.75) is 26.4 Å². The summed E-state index contributed by atoms with van der Waals surface area (Å²) in [6.45, 7) is -0.0170. The predicted octanol–water partition coefficient (Wildman–Crippen LogP) is 2.69. The summed E-state index contributed by atoms with van der Waals surface area (Å²) >= 11 is 0. The average Bonchev–Trinajstić information content (AvgIpc) is 2.44. The average molecular weight is 339 g/mol. The smallest absolute Gasteiger partial charge is 0.387 e. The molecular formula is C16H15F2NO5. The third-order valence-corrected chi connectivity index (χ3v) is 3.64. The third-order valence-electron chi connectivity index (χ3n) is 3.64. The molecule has 1 aliphatic heterocycles. The van der Waals surface area contributed by atoms with Gasteiger partial charge in [0.15, 0.2) is 0 Å². The number of dihydropyridines is 1. The van der Waals surface area contributed by atoms with Gasteiger partial charge in [-0.05, 0) is 31.5 Å². The molecule has 0 aliphatic carbocycles. The number of carbonyl (C=O) groups is 2. The Morgan fingerprint density at radius 1 is 1.12 bits per heavy atom. The van der Waals surface area contributed by atoms with E-state index in [2.05, 4.69) is 10.1 Å². The van der Waals surface area contributed by atoms with Crippen LogP contribution >= 0.6 is 0 Å². The molecule has 1 heterocycles. The van der Waals surface area contributed by atoms with Crippen LogP contribution in [0, 0.1) is 0 Å². The lowest BCUT2D eigenvalue weighted by atomic mass is 9.80. The van der Waals surface area contributed by atoms with Crippen molar-refractivity contribution in [3.05, 3.63) is 52.4 Å². The van der Waals surface area contributed by atoms with Crippen molar-refractivity contribution in [3.63, 3.8) is 0 Å². The van der Waals surface area contributed by atoms with E-state index in [9.17, 15) is 28.6 Å². The largest absolute Gasteiger partial charge is 0.478 e. The number of hydrogen-bond acceptors (Lipinski definition) is 4. The van der Waals surface area contributed by atoms with E-state index in [0.717, 1.165) is 0 Å². The van der Waals surface area contributed by atoms with E-state index in [1.54, 1.807) is 0 Å². The van der Waals surface area contributed by atoms with E-state index < -0.39 is 24.5 Å². The minimum atomic E-state index is -3.04. The lowest BCUT2D eigenvalue weighted by molar-refractivity contribution is -0.133. The van der Waals surface area contributed by atoms with Gasteiger partial charge in [0.25, 0.3) is 0 Å². The molecule has 0 amide bonds. The molecule has 0 atom stereocenters. The lowest BCUT2D eigenvalue weighted by Gasteiger charge is -2.28. The second-order valence-corrected chi connectivity index (χ2v) is 5.20. The second-order valence-electron chi connectivity index (χ2n) is 5.20. The summed E-state index contributed by atoms with van der Waals surface area (Å²) in [6.07, 6.45) is 0. The maximum Gasteiger partial charge on any atom is 0.387 e. The molecule has 24 heavy (non-hydrogen) atoms. The van der Waals surface area contributed by atoms with Crippen molar-refractivity contribution in [1.82, 2.24) is 5.32 Å². The van der Waals surface area contributed by atoms with Gasteiger partial charge in [0.1, 0.15) is 5.75 Å². The van der Waals surface area contributed by atoms with Crippen molar-refractivity contribution >= 4 is 11.9 Å². The van der Waals surface area contributed by atoms with Crippen LogP contribution in [0.5, 0.6) is 5.75 Å². The molecule has 1 aliphatic rings. The first-order valence-electron chi connectivity index (χ1n) is 6.92. The molecule has 0 saturated carbocycles. The molecule has 0 fully saturated rings. The minimum absolute atomic E-state index is 0.160. The van der Waals surface area contributed by atoms with Gasteiger partial charge in [-0.25, -0.2) is 9.59 Å². The number of nitrogens with one attached hydrogen (secondary N) is 1. The lowest BCUT2D eigenvalue weighted by Crippen LogP contribution is -2.31. The maximum atomic E-state index is 12.4. The number of allylic oxidation sites excluding steroid dienone is 2. The summed E-state index contributed by atoms with van der Waals surface area (Å²) < 4.78 is 29.1. The van der Waals surface area contributed by atoms with Crippen LogP contribution in [0.4, 0.5) is 8.78 Å². The van der Waals surface area contributed by atoms with Crippen LogP contribution in [0.15, 0.2) is 46.8 Å². The molecule has 128 valence electrons. The molecule has 0 bridgehead atoms. The summed E-state index contributed by atoms with van der Waals surface area (Å²) in [7, 11) is 0. The quantitative estimate of drug-likeness (QED) is 0.763. The normalized spacial score (nSPS) is 15.5. The summed E-state index contributed by atoms with van der Waals surface area (Å²) in [5.74, 6) is -3.87. The van der Waals surface area contributed by atoms with Gasteiger partial charge in [0.05, 0.1) is 17.1 Å². The van der Waals surface area contributed by atoms with E-state index in [4.69, 9.17) is 0 Å². The fourth-order valence-corrected chi connectivity index (χ4v) is 2.76. The Morgan fingerprint density at radius 3 is 2.12 bits per heavy atom. The summed E-state index contributed by atoms with van der Waals surface area (Å²) in [5, 5.41) is 21.7. The Morgan fingerprint density at radius 2 is 1.67 bits per heavy atom. The van der Waals surface area contributed by atoms with Crippen LogP contribution in [0.3, 0.4) is 0 Å². The third kappa shape index (κ3) is 3.37. The van der Waals surface area contributed by atoms with Crippen LogP contribution in [0.1, 0.15) is 25.3 Å². The first-order valence-corrected chi connectivity index (χ1v) is 6.92. The molecule has 0 spiro atoms. The number of ether oxygens (including phenoxy) is 1. The van der Waals surface area contributed by atoms with Crippen LogP contribution in [-0.4, -0.2) is 28.8 Å². The number of benzene rings is 1. The van der Waals surface area contributed by atoms with Gasteiger partial charge < -0.3 is 20.3 Å². The molecule has 0 aromatic heterocycles. The molecule has 1 aromatic carbocycles. The van der Waals surface area contributed by atoms with Gasteiger partial charge in [-0.1, -0.05) is 12.1 Å². The molecule has 2 rings (SSSR count). The van der Waals surface area contributed by atoms with Gasteiger partial charge in [-0.3, -0.25) is 0 Å². The van der Waals surface area contributed by atoms with E-state index >= 15 is 0 Å². The molecule has 0 radical (unpaired) electrons. The highest BCUT2D eigenvalue weighted by atomic mass is 19.3. The Balaban J connectivity index is 2.62. The van der Waals surface area contributed by atoms with Crippen LogP contribution in [-0.2, 0) is 9.59 Å². The van der Waals surface area contributed by atoms with E-state index in [1.807, 2.05) is 0 Å². The summed E-state index contributed by atoms with van der Waals surface area (Å²) in [6, 6.07) is 5.37. The van der Waals surface area contributed by atoms with E-state index in [0.29, 0.717) is 0 Å². The highest BCUT2D eigenvalue weighted by Gasteiger charge is 2.36. The number of hydrogen-bond donors (Lipinski definition) is 3. The Hall–Kier alpha value is -2.90. The number of carboxylic acids is 2. The predicted molar refractivity (Wildman–Crippen MR) is 79.6 cm³/mol. The zero-order chi connectivity index (χ0) is 18.0. The van der Waals surface area contributed by atoms with Gasteiger partial charge in [-0.15, -0.1) is 0 Å². The fraction of sp³-hybridized carbons (Fsp3) is 0.250. The van der Waals surface area contributed by atoms with Gasteiger partial charge in [0, 0.05) is 11.4 Å². The molecule has 8 heteroatoms. The molecule has 1 aromatic rings. The summed E-state index contributed by atoms with van der Waals surface area (Å²) in [5.41, 5.74) is 0.493. The highest BCUT2D eigenvalue weighted by Crippen LogP contribution is 2.39. The van der Waals surface area contributed by atoms with Crippen molar-refractivity contribution in [3.8, 4) is 5.75 Å². The Bertz CT molecular complexity index is 719. The number of rotatable bonds is 5. The monoisotopic (exact) mass is 339 g/mol.